The lowest BCUT2D eigenvalue weighted by Gasteiger charge is -1.95. The quantitative estimate of drug-likeness (QED) is 0.266. The van der Waals surface area contributed by atoms with Gasteiger partial charge in [-0.2, -0.15) is 0 Å². The summed E-state index contributed by atoms with van der Waals surface area (Å²) in [6.45, 7) is 3.13. The summed E-state index contributed by atoms with van der Waals surface area (Å²) in [5.41, 5.74) is 0. The fourth-order valence-corrected chi connectivity index (χ4v) is 0.583. The Balaban J connectivity index is 3.06. The number of tetrazole rings is 1. The minimum atomic E-state index is -0.293. The van der Waals surface area contributed by atoms with Crippen molar-refractivity contribution in [2.75, 3.05) is 0 Å². The molecule has 0 unspecified atom stereocenters. The summed E-state index contributed by atoms with van der Waals surface area (Å²) in [6.07, 6.45) is 0. The monoisotopic (exact) mass is 155 g/mol. The molecule has 0 saturated heterocycles. The van der Waals surface area contributed by atoms with Gasteiger partial charge in [-0.3, -0.25) is 0 Å². The van der Waals surface area contributed by atoms with Crippen molar-refractivity contribution in [3.05, 3.63) is 5.82 Å². The summed E-state index contributed by atoms with van der Waals surface area (Å²) >= 11 is 0. The van der Waals surface area contributed by atoms with Crippen molar-refractivity contribution in [2.24, 2.45) is 12.1 Å². The highest BCUT2D eigenvalue weighted by Gasteiger charge is 2.10. The van der Waals surface area contributed by atoms with E-state index in [2.05, 4.69) is 15.5 Å². The average Bonchev–Trinajstić information content (AvgIpc) is 2.18. The summed E-state index contributed by atoms with van der Waals surface area (Å²) in [5.74, 6) is 0.416. The summed E-state index contributed by atoms with van der Waals surface area (Å²) in [6, 6.07) is 0. The number of rotatable bonds is 1. The second-order valence-corrected chi connectivity index (χ2v) is 2.16. The van der Waals surface area contributed by atoms with Crippen molar-refractivity contribution >= 4 is 5.90 Å². The largest absolute Gasteiger partial charge is 0.860 e. The van der Waals surface area contributed by atoms with Crippen molar-refractivity contribution in [2.45, 2.75) is 13.8 Å². The van der Waals surface area contributed by atoms with Gasteiger partial charge in [0, 0.05) is 17.6 Å². The molecule has 6 nitrogen and oxygen atoms in total. The van der Waals surface area contributed by atoms with Crippen LogP contribution in [-0.4, -0.2) is 21.1 Å². The Hall–Kier alpha value is -1.46. The Morgan fingerprint density at radius 3 is 2.73 bits per heavy atom. The third-order valence-electron chi connectivity index (χ3n) is 1.25. The Kier molecular flexibility index (Phi) is 1.84. The molecule has 0 N–H and O–H groups in total. The van der Waals surface area contributed by atoms with E-state index in [1.807, 2.05) is 0 Å². The molecule has 60 valence electrons. The third-order valence-corrected chi connectivity index (χ3v) is 1.25. The Labute approximate surface area is 63.7 Å². The molecule has 0 atom stereocenters. The molecule has 0 saturated carbocycles. The first-order valence-corrected chi connectivity index (χ1v) is 3.12. The normalized spacial score (nSPS) is 12.1. The van der Waals surface area contributed by atoms with Gasteiger partial charge in [0.15, 0.2) is 5.21 Å². The molecule has 0 aliphatic heterocycles. The van der Waals surface area contributed by atoms with Crippen LogP contribution in [0, 0.1) is 6.92 Å². The van der Waals surface area contributed by atoms with Crippen LogP contribution in [0.4, 0.5) is 0 Å². The van der Waals surface area contributed by atoms with Gasteiger partial charge in [-0.05, 0) is 6.92 Å². The highest BCUT2D eigenvalue weighted by Crippen LogP contribution is 1.83. The van der Waals surface area contributed by atoms with Crippen molar-refractivity contribution in [1.82, 2.24) is 15.2 Å². The summed E-state index contributed by atoms with van der Waals surface area (Å²) in [7, 11) is 1.73. The van der Waals surface area contributed by atoms with Gasteiger partial charge in [0.05, 0.1) is 7.05 Å². The highest BCUT2D eigenvalue weighted by atomic mass is 16.3. The van der Waals surface area contributed by atoms with E-state index in [0.717, 1.165) is 0 Å². The Morgan fingerprint density at radius 1 is 1.73 bits per heavy atom. The summed E-state index contributed by atoms with van der Waals surface area (Å²) < 4.78 is 1.53. The zero-order valence-electron chi connectivity index (χ0n) is 6.64. The van der Waals surface area contributed by atoms with Crippen LogP contribution < -0.4 is 9.79 Å². The predicted molar refractivity (Wildman–Crippen MR) is 34.4 cm³/mol. The van der Waals surface area contributed by atoms with Crippen LogP contribution in [-0.2, 0) is 7.05 Å². The maximum atomic E-state index is 10.5. The molecule has 0 aliphatic carbocycles. The molecule has 6 heteroatoms. The van der Waals surface area contributed by atoms with E-state index in [1.54, 1.807) is 14.0 Å². The first kappa shape index (κ1) is 7.64. The van der Waals surface area contributed by atoms with Crippen LogP contribution in [0.5, 0.6) is 0 Å². The van der Waals surface area contributed by atoms with Gasteiger partial charge in [-0.25, -0.2) is 0 Å². The molecule has 0 fully saturated rings. The van der Waals surface area contributed by atoms with Gasteiger partial charge in [0.2, 0.25) is 0 Å². The third kappa shape index (κ3) is 1.51. The molecule has 0 amide bonds. The maximum Gasteiger partial charge on any atom is 0.283 e. The van der Waals surface area contributed by atoms with E-state index in [9.17, 15) is 5.11 Å². The van der Waals surface area contributed by atoms with Crippen LogP contribution in [0.25, 0.3) is 0 Å². The Bertz CT molecular complexity index is 285. The highest BCUT2D eigenvalue weighted by molar-refractivity contribution is 5.67. The first-order chi connectivity index (χ1) is 5.11. The zero-order valence-corrected chi connectivity index (χ0v) is 6.64. The number of nitrogens with zero attached hydrogens (tertiary/aromatic N) is 5. The molecule has 0 spiro atoms. The van der Waals surface area contributed by atoms with E-state index in [-0.39, 0.29) is 5.90 Å². The molecule has 11 heavy (non-hydrogen) atoms. The maximum absolute atomic E-state index is 10.5. The predicted octanol–water partition coefficient (Wildman–Crippen LogP) is -2.05. The summed E-state index contributed by atoms with van der Waals surface area (Å²) in [5, 5.41) is 21.3. The van der Waals surface area contributed by atoms with E-state index in [1.165, 1.54) is 16.4 Å². The van der Waals surface area contributed by atoms with Gasteiger partial charge in [0.25, 0.3) is 5.82 Å². The second-order valence-electron chi connectivity index (χ2n) is 2.16. The summed E-state index contributed by atoms with van der Waals surface area (Å²) in [4.78, 5) is 1.20. The molecular formula is C5H9N5O. The molecule has 1 aromatic heterocycles. The smallest absolute Gasteiger partial charge is 0.283 e. The molecule has 0 aromatic carbocycles. The molecule has 0 aliphatic rings. The number of hydrogen-bond acceptors (Lipinski definition) is 4. The van der Waals surface area contributed by atoms with Gasteiger partial charge in [-0.15, -0.1) is 4.68 Å². The fourth-order valence-electron chi connectivity index (χ4n) is 0.583. The molecule has 1 aromatic rings. The van der Waals surface area contributed by atoms with Gasteiger partial charge in [0.1, 0.15) is 5.21 Å². The fraction of sp³-hybridized carbons (Fsp3) is 0.600. The minimum absolute atomic E-state index is 0.293. The lowest BCUT2D eigenvalue weighted by atomic mass is 10.7. The zero-order chi connectivity index (χ0) is 8.43. The van der Waals surface area contributed by atoms with Crippen molar-refractivity contribution in [3.8, 4) is 0 Å². The Morgan fingerprint density at radius 2 is 2.36 bits per heavy atom. The molecule has 1 rings (SSSR count). The topological polar surface area (TPSA) is 70.0 Å². The molecule has 0 radical (unpaired) electrons. The van der Waals surface area contributed by atoms with Crippen molar-refractivity contribution in [3.63, 3.8) is 0 Å². The van der Waals surface area contributed by atoms with Crippen LogP contribution in [0.2, 0.25) is 0 Å². The van der Waals surface area contributed by atoms with Crippen LogP contribution in [0.15, 0.2) is 5.10 Å². The van der Waals surface area contributed by atoms with Gasteiger partial charge >= 0.3 is 0 Å². The van der Waals surface area contributed by atoms with E-state index in [0.29, 0.717) is 5.82 Å². The van der Waals surface area contributed by atoms with Crippen molar-refractivity contribution in [1.29, 1.82) is 0 Å². The first-order valence-electron chi connectivity index (χ1n) is 3.12. The lowest BCUT2D eigenvalue weighted by molar-refractivity contribution is -0.737. The SMILES string of the molecule is C/C([O-])=N/n1nn[n+](C)c1C. The van der Waals surface area contributed by atoms with E-state index >= 15 is 0 Å². The standard InChI is InChI=1S/C5H9N5O/c1-4(11)6-10-5(2)9(3)7-8-10/h1-3H3. The van der Waals surface area contributed by atoms with E-state index < -0.39 is 0 Å². The lowest BCUT2D eigenvalue weighted by Crippen LogP contribution is -2.33. The number of hydrogen-bond donors (Lipinski definition) is 0. The van der Waals surface area contributed by atoms with Gasteiger partial charge < -0.3 is 5.11 Å². The van der Waals surface area contributed by atoms with Crippen LogP contribution in [0.1, 0.15) is 12.7 Å². The number of aromatic nitrogens is 4. The molecular weight excluding hydrogens is 146 g/mol. The average molecular weight is 155 g/mol. The minimum Gasteiger partial charge on any atom is -0.860 e. The van der Waals surface area contributed by atoms with Gasteiger partial charge in [-0.1, -0.05) is 5.10 Å². The van der Waals surface area contributed by atoms with Crippen LogP contribution in [0.3, 0.4) is 0 Å². The number of aryl methyl sites for hydroxylation is 1. The van der Waals surface area contributed by atoms with Crippen molar-refractivity contribution < 1.29 is 9.79 Å². The van der Waals surface area contributed by atoms with E-state index in [4.69, 9.17) is 0 Å². The van der Waals surface area contributed by atoms with Crippen LogP contribution >= 0.6 is 0 Å². The molecule has 0 bridgehead atoms. The second kappa shape index (κ2) is 2.65. The molecule has 1 heterocycles.